The lowest BCUT2D eigenvalue weighted by Crippen LogP contribution is -2.46. The molecule has 3 heterocycles. The summed E-state index contributed by atoms with van der Waals surface area (Å²) in [6.45, 7) is -7.26. The van der Waals surface area contributed by atoms with Crippen LogP contribution in [0, 0.1) is 0 Å². The predicted octanol–water partition coefficient (Wildman–Crippen LogP) is 2.36. The van der Waals surface area contributed by atoms with Crippen LogP contribution < -0.4 is 10.6 Å². The molecule has 0 atom stereocenters. The number of nitrogens with zero attached hydrogens (tertiary/aromatic N) is 5. The SMILES string of the molecule is [2H]C([2H])(CCn1nc2ccccn2c1=O)N1CC([2H])([2H])N(c2cccc(Cl)c2)C([2H])([2H])C1. The van der Waals surface area contributed by atoms with E-state index in [9.17, 15) is 4.79 Å². The van der Waals surface area contributed by atoms with Crippen molar-refractivity contribution in [2.45, 2.75) is 13.0 Å². The van der Waals surface area contributed by atoms with Crippen LogP contribution in [0.4, 0.5) is 5.69 Å². The van der Waals surface area contributed by atoms with Crippen molar-refractivity contribution in [3.63, 3.8) is 0 Å². The van der Waals surface area contributed by atoms with Crippen LogP contribution in [0.2, 0.25) is 5.02 Å². The molecule has 3 aromatic rings. The first kappa shape index (κ1) is 11.4. The first-order valence-electron chi connectivity index (χ1n) is 11.3. The van der Waals surface area contributed by atoms with Crippen molar-refractivity contribution in [1.29, 1.82) is 0 Å². The monoisotopic (exact) mass is 377 g/mol. The molecule has 1 aliphatic rings. The molecule has 0 unspecified atom stereocenters. The van der Waals surface area contributed by atoms with Crippen molar-refractivity contribution >= 4 is 22.9 Å². The fourth-order valence-electron chi connectivity index (χ4n) is 2.76. The summed E-state index contributed by atoms with van der Waals surface area (Å²) in [6.07, 6.45) is 1.41. The molecular weight excluding hydrogens is 350 g/mol. The number of rotatable bonds is 5. The average Bonchev–Trinajstić information content (AvgIpc) is 3.01. The molecule has 0 N–H and O–H groups in total. The minimum atomic E-state index is -2.21. The highest BCUT2D eigenvalue weighted by molar-refractivity contribution is 6.30. The van der Waals surface area contributed by atoms with Gasteiger partial charge in [0.25, 0.3) is 0 Å². The van der Waals surface area contributed by atoms with E-state index in [4.69, 9.17) is 19.8 Å². The van der Waals surface area contributed by atoms with Crippen LogP contribution in [-0.2, 0) is 6.54 Å². The van der Waals surface area contributed by atoms with E-state index in [0.29, 0.717) is 10.7 Å². The van der Waals surface area contributed by atoms with Gasteiger partial charge in [0.15, 0.2) is 5.65 Å². The largest absolute Gasteiger partial charge is 0.369 e. The molecule has 1 aliphatic heterocycles. The summed E-state index contributed by atoms with van der Waals surface area (Å²) in [5, 5.41) is 4.54. The number of hydrogen-bond donors (Lipinski definition) is 0. The molecule has 4 rings (SSSR count). The van der Waals surface area contributed by atoms with E-state index >= 15 is 0 Å². The third-order valence-electron chi connectivity index (χ3n) is 4.05. The van der Waals surface area contributed by atoms with Crippen LogP contribution >= 0.6 is 11.6 Å². The highest BCUT2D eigenvalue weighted by atomic mass is 35.5. The van der Waals surface area contributed by atoms with Gasteiger partial charge in [0.05, 0.1) is 5.48 Å². The van der Waals surface area contributed by atoms with E-state index in [-0.39, 0.29) is 31.7 Å². The topological polar surface area (TPSA) is 45.8 Å². The Bertz CT molecular complexity index is 1180. The van der Waals surface area contributed by atoms with Gasteiger partial charge in [-0.2, -0.15) is 0 Å². The molecule has 1 saturated heterocycles. The zero-order chi connectivity index (χ0) is 23.3. The van der Waals surface area contributed by atoms with E-state index in [0.717, 1.165) is 9.80 Å². The van der Waals surface area contributed by atoms with Crippen LogP contribution in [0.15, 0.2) is 53.5 Å². The van der Waals surface area contributed by atoms with Gasteiger partial charge >= 0.3 is 5.69 Å². The van der Waals surface area contributed by atoms with Crippen LogP contribution in [0.1, 0.15) is 14.6 Å². The first-order valence-corrected chi connectivity index (χ1v) is 8.64. The average molecular weight is 378 g/mol. The number of benzene rings is 1. The number of hydrogen-bond acceptors (Lipinski definition) is 4. The molecule has 0 amide bonds. The number of fused-ring (bicyclic) bond motifs is 1. The standard InChI is InChI=1S/C19H22ClN5O/c20-16-5-3-6-17(15-16)23-13-11-22(12-14-23)8-4-10-25-19(26)24-9-2-1-7-18(24)21-25/h1-3,5-7,9,15H,4,8,10-14H2/i8D2,13D2,14D2. The molecule has 0 radical (unpaired) electrons. The Morgan fingerprint density at radius 3 is 2.81 bits per heavy atom. The third-order valence-corrected chi connectivity index (χ3v) is 4.29. The Morgan fingerprint density at radius 1 is 1.19 bits per heavy atom. The third kappa shape index (κ3) is 3.61. The number of anilines is 1. The first-order chi connectivity index (χ1) is 14.9. The summed E-state index contributed by atoms with van der Waals surface area (Å²) in [5.74, 6) is 0. The second-order valence-corrected chi connectivity index (χ2v) is 6.27. The molecule has 0 spiro atoms. The molecule has 26 heavy (non-hydrogen) atoms. The lowest BCUT2D eigenvalue weighted by molar-refractivity contribution is 0.248. The Morgan fingerprint density at radius 2 is 2.04 bits per heavy atom. The van der Waals surface area contributed by atoms with Gasteiger partial charge in [0.1, 0.15) is 0 Å². The highest BCUT2D eigenvalue weighted by Crippen LogP contribution is 2.20. The Balaban J connectivity index is 1.55. The highest BCUT2D eigenvalue weighted by Gasteiger charge is 2.17. The maximum atomic E-state index is 12.4. The van der Waals surface area contributed by atoms with Gasteiger partial charge in [-0.3, -0.25) is 9.30 Å². The van der Waals surface area contributed by atoms with Gasteiger partial charge in [-0.15, -0.1) is 5.10 Å². The Labute approximate surface area is 165 Å². The van der Waals surface area contributed by atoms with Crippen molar-refractivity contribution in [3.8, 4) is 0 Å². The predicted molar refractivity (Wildman–Crippen MR) is 104 cm³/mol. The number of aryl methyl sites for hydroxylation is 1. The van der Waals surface area contributed by atoms with E-state index in [1.165, 1.54) is 15.1 Å². The van der Waals surface area contributed by atoms with Gasteiger partial charge < -0.3 is 4.90 Å². The van der Waals surface area contributed by atoms with Crippen LogP contribution in [0.25, 0.3) is 5.65 Å². The summed E-state index contributed by atoms with van der Waals surface area (Å²) in [6, 6.07) is 11.4. The summed E-state index contributed by atoms with van der Waals surface area (Å²) < 4.78 is 53.5. The normalized spacial score (nSPS) is 23.5. The van der Waals surface area contributed by atoms with E-state index in [2.05, 4.69) is 5.10 Å². The second-order valence-electron chi connectivity index (χ2n) is 5.83. The minimum Gasteiger partial charge on any atom is -0.369 e. The molecule has 0 saturated carbocycles. The van der Waals surface area contributed by atoms with Crippen molar-refractivity contribution < 1.29 is 8.22 Å². The maximum Gasteiger partial charge on any atom is 0.350 e. The quantitative estimate of drug-likeness (QED) is 0.684. The van der Waals surface area contributed by atoms with Crippen LogP contribution in [-0.4, -0.2) is 51.7 Å². The summed E-state index contributed by atoms with van der Waals surface area (Å²) in [5.41, 5.74) is 0.331. The lowest BCUT2D eigenvalue weighted by atomic mass is 10.2. The van der Waals surface area contributed by atoms with E-state index in [1.54, 1.807) is 42.6 Å². The van der Waals surface area contributed by atoms with Gasteiger partial charge in [-0.05, 0) is 36.8 Å². The fraction of sp³-hybridized carbons (Fsp3) is 0.368. The second kappa shape index (κ2) is 7.51. The molecule has 1 fully saturated rings. The van der Waals surface area contributed by atoms with Crippen molar-refractivity contribution in [1.82, 2.24) is 19.1 Å². The molecule has 0 aliphatic carbocycles. The van der Waals surface area contributed by atoms with Crippen molar-refractivity contribution in [2.75, 3.05) is 37.5 Å². The molecular formula is C19H22ClN5O. The van der Waals surface area contributed by atoms with Gasteiger partial charge in [-0.1, -0.05) is 23.7 Å². The van der Waals surface area contributed by atoms with Crippen LogP contribution in [0.5, 0.6) is 0 Å². The number of pyridine rings is 1. The Hall–Kier alpha value is -2.31. The molecule has 2 aromatic heterocycles. The smallest absolute Gasteiger partial charge is 0.350 e. The summed E-state index contributed by atoms with van der Waals surface area (Å²) in [4.78, 5) is 14.6. The molecule has 0 bridgehead atoms. The zero-order valence-corrected chi connectivity index (χ0v) is 14.7. The molecule has 136 valence electrons. The molecule has 7 heteroatoms. The molecule has 1 aromatic carbocycles. The zero-order valence-electron chi connectivity index (χ0n) is 20.0. The number of halogens is 1. The summed E-state index contributed by atoms with van der Waals surface area (Å²) >= 11 is 6.02. The van der Waals surface area contributed by atoms with Crippen molar-refractivity contribution in [3.05, 3.63) is 64.2 Å². The van der Waals surface area contributed by atoms with E-state index < -0.39 is 25.2 Å². The summed E-state index contributed by atoms with van der Waals surface area (Å²) in [7, 11) is 0. The van der Waals surface area contributed by atoms with Gasteiger partial charge in [0, 0.05) is 58.8 Å². The maximum absolute atomic E-state index is 12.4. The van der Waals surface area contributed by atoms with Gasteiger partial charge in [-0.25, -0.2) is 9.48 Å². The number of piperazine rings is 1. The van der Waals surface area contributed by atoms with Gasteiger partial charge in [0.2, 0.25) is 0 Å². The minimum absolute atomic E-state index is 0.0337. The Kier molecular flexibility index (Phi) is 3.30. The van der Waals surface area contributed by atoms with Crippen LogP contribution in [0.3, 0.4) is 0 Å². The fourth-order valence-corrected chi connectivity index (χ4v) is 2.95. The lowest BCUT2D eigenvalue weighted by Gasteiger charge is -2.36. The molecule has 6 nitrogen and oxygen atoms in total. The van der Waals surface area contributed by atoms with Crippen molar-refractivity contribution in [2.24, 2.45) is 0 Å². The van der Waals surface area contributed by atoms with E-state index in [1.807, 2.05) is 0 Å². The number of aromatic nitrogens is 3.